The minimum atomic E-state index is -0.587. The van der Waals surface area contributed by atoms with E-state index in [9.17, 15) is 9.18 Å². The lowest BCUT2D eigenvalue weighted by Crippen LogP contribution is -2.34. The van der Waals surface area contributed by atoms with Gasteiger partial charge in [-0.3, -0.25) is 10.1 Å². The number of nitrogens with one attached hydrogen (secondary N) is 2. The Labute approximate surface area is 129 Å². The van der Waals surface area contributed by atoms with E-state index in [2.05, 4.69) is 26.6 Å². The van der Waals surface area contributed by atoms with Crippen LogP contribution < -0.4 is 10.6 Å². The first-order chi connectivity index (χ1) is 9.56. The summed E-state index contributed by atoms with van der Waals surface area (Å²) in [5.74, 6) is -1.17. The quantitative estimate of drug-likeness (QED) is 0.809. The normalized spacial score (nSPS) is 9.90. The number of halogens is 2. The summed E-state index contributed by atoms with van der Waals surface area (Å²) in [5, 5.41) is 5.39. The molecule has 2 rings (SSSR count). The summed E-state index contributed by atoms with van der Waals surface area (Å²) in [6.45, 7) is 0. The standard InChI is InChI=1S/C14H10BrFN2OS/c15-9-5-7-10(8-6-9)17-14(20)18-13(19)11-3-1-2-4-12(11)16/h1-8H,(H2,17,18,19,20). The van der Waals surface area contributed by atoms with Crippen molar-refractivity contribution in [3.05, 3.63) is 64.4 Å². The summed E-state index contributed by atoms with van der Waals surface area (Å²) in [4.78, 5) is 11.8. The fourth-order valence-corrected chi connectivity index (χ4v) is 1.99. The van der Waals surface area contributed by atoms with E-state index in [0.29, 0.717) is 0 Å². The third-order valence-electron chi connectivity index (χ3n) is 2.45. The molecule has 1 amide bonds. The number of benzene rings is 2. The van der Waals surface area contributed by atoms with E-state index in [-0.39, 0.29) is 10.7 Å². The maximum absolute atomic E-state index is 13.4. The predicted octanol–water partition coefficient (Wildman–Crippen LogP) is 3.72. The molecule has 0 aliphatic carbocycles. The van der Waals surface area contributed by atoms with Crippen LogP contribution in [0.15, 0.2) is 53.0 Å². The van der Waals surface area contributed by atoms with Crippen LogP contribution >= 0.6 is 28.1 Å². The molecule has 0 atom stereocenters. The van der Waals surface area contributed by atoms with Gasteiger partial charge in [0.2, 0.25) is 0 Å². The van der Waals surface area contributed by atoms with Crippen molar-refractivity contribution in [1.29, 1.82) is 0 Å². The molecule has 102 valence electrons. The molecular formula is C14H10BrFN2OS. The van der Waals surface area contributed by atoms with Gasteiger partial charge in [-0.1, -0.05) is 28.1 Å². The Balaban J connectivity index is 2.00. The van der Waals surface area contributed by atoms with Crippen molar-refractivity contribution in [2.24, 2.45) is 0 Å². The topological polar surface area (TPSA) is 41.1 Å². The zero-order valence-corrected chi connectivity index (χ0v) is 12.6. The lowest BCUT2D eigenvalue weighted by atomic mass is 10.2. The van der Waals surface area contributed by atoms with Gasteiger partial charge in [0.15, 0.2) is 5.11 Å². The maximum Gasteiger partial charge on any atom is 0.260 e. The molecule has 0 saturated heterocycles. The highest BCUT2D eigenvalue weighted by Gasteiger charge is 2.12. The molecule has 20 heavy (non-hydrogen) atoms. The largest absolute Gasteiger partial charge is 0.332 e. The van der Waals surface area contributed by atoms with Crippen LogP contribution in [0.5, 0.6) is 0 Å². The Hall–Kier alpha value is -1.79. The molecule has 0 heterocycles. The average Bonchev–Trinajstić information content (AvgIpc) is 2.41. The van der Waals surface area contributed by atoms with Gasteiger partial charge in [0.25, 0.3) is 5.91 Å². The van der Waals surface area contributed by atoms with Crippen molar-refractivity contribution in [1.82, 2.24) is 5.32 Å². The smallest absolute Gasteiger partial charge is 0.260 e. The molecular weight excluding hydrogens is 343 g/mol. The molecule has 0 radical (unpaired) electrons. The third kappa shape index (κ3) is 3.85. The highest BCUT2D eigenvalue weighted by molar-refractivity contribution is 9.10. The Kier molecular flexibility index (Phi) is 4.81. The maximum atomic E-state index is 13.4. The van der Waals surface area contributed by atoms with Crippen LogP contribution in [0, 0.1) is 5.82 Å². The molecule has 0 fully saturated rings. The van der Waals surface area contributed by atoms with Crippen LogP contribution in [0.25, 0.3) is 0 Å². The second kappa shape index (κ2) is 6.58. The molecule has 3 nitrogen and oxygen atoms in total. The number of rotatable bonds is 2. The van der Waals surface area contributed by atoms with Crippen LogP contribution in [-0.2, 0) is 0 Å². The molecule has 0 bridgehead atoms. The van der Waals surface area contributed by atoms with E-state index in [1.165, 1.54) is 18.2 Å². The number of carbonyl (C=O) groups excluding carboxylic acids is 1. The van der Waals surface area contributed by atoms with Gasteiger partial charge in [0.1, 0.15) is 5.82 Å². The van der Waals surface area contributed by atoms with Gasteiger partial charge in [-0.25, -0.2) is 4.39 Å². The van der Waals surface area contributed by atoms with Crippen LogP contribution in [0.1, 0.15) is 10.4 Å². The zero-order valence-electron chi connectivity index (χ0n) is 10.2. The lowest BCUT2D eigenvalue weighted by molar-refractivity contribution is 0.0974. The summed E-state index contributed by atoms with van der Waals surface area (Å²) in [6.07, 6.45) is 0. The molecule has 0 aromatic heterocycles. The van der Waals surface area contributed by atoms with E-state index in [1.807, 2.05) is 12.1 Å². The average molecular weight is 353 g/mol. The fraction of sp³-hybridized carbons (Fsp3) is 0. The van der Waals surface area contributed by atoms with E-state index in [1.54, 1.807) is 18.2 Å². The van der Waals surface area contributed by atoms with Crippen LogP contribution in [0.4, 0.5) is 10.1 Å². The van der Waals surface area contributed by atoms with Crippen LogP contribution in [0.3, 0.4) is 0 Å². The predicted molar refractivity (Wildman–Crippen MR) is 84.2 cm³/mol. The number of hydrogen-bond donors (Lipinski definition) is 2. The molecule has 0 spiro atoms. The number of hydrogen-bond acceptors (Lipinski definition) is 2. The summed E-state index contributed by atoms with van der Waals surface area (Å²) in [6, 6.07) is 13.0. The summed E-state index contributed by atoms with van der Waals surface area (Å²) < 4.78 is 14.4. The van der Waals surface area contributed by atoms with Crippen LogP contribution in [0.2, 0.25) is 0 Å². The van der Waals surface area contributed by atoms with Crippen molar-refractivity contribution in [2.75, 3.05) is 5.32 Å². The van der Waals surface area contributed by atoms with E-state index >= 15 is 0 Å². The van der Waals surface area contributed by atoms with E-state index in [0.717, 1.165) is 10.2 Å². The SMILES string of the molecule is O=C(NC(=S)Nc1ccc(Br)cc1)c1ccccc1F. The Morgan fingerprint density at radius 3 is 2.40 bits per heavy atom. The van der Waals surface area contributed by atoms with Crippen molar-refractivity contribution in [3.63, 3.8) is 0 Å². The van der Waals surface area contributed by atoms with Crippen molar-refractivity contribution < 1.29 is 9.18 Å². The molecule has 0 unspecified atom stereocenters. The number of thiocarbonyl (C=S) groups is 1. The summed E-state index contributed by atoms with van der Waals surface area (Å²) in [7, 11) is 0. The second-order valence-corrected chi connectivity index (χ2v) is 5.22. The minimum Gasteiger partial charge on any atom is -0.332 e. The minimum absolute atomic E-state index is 0.0487. The molecule has 0 aliphatic heterocycles. The van der Waals surface area contributed by atoms with Gasteiger partial charge in [0.05, 0.1) is 5.56 Å². The molecule has 2 aromatic carbocycles. The van der Waals surface area contributed by atoms with Gasteiger partial charge in [0, 0.05) is 10.2 Å². The molecule has 0 aliphatic rings. The monoisotopic (exact) mass is 352 g/mol. The van der Waals surface area contributed by atoms with Crippen LogP contribution in [-0.4, -0.2) is 11.0 Å². The number of anilines is 1. The second-order valence-electron chi connectivity index (χ2n) is 3.89. The Morgan fingerprint density at radius 2 is 1.75 bits per heavy atom. The fourth-order valence-electron chi connectivity index (χ4n) is 1.51. The summed E-state index contributed by atoms with van der Waals surface area (Å²) in [5.41, 5.74) is 0.680. The van der Waals surface area contributed by atoms with E-state index < -0.39 is 11.7 Å². The Bertz CT molecular complexity index is 646. The first-order valence-corrected chi connectivity index (χ1v) is 6.89. The van der Waals surface area contributed by atoms with Crippen molar-refractivity contribution in [2.45, 2.75) is 0 Å². The Morgan fingerprint density at radius 1 is 1.10 bits per heavy atom. The highest BCUT2D eigenvalue weighted by atomic mass is 79.9. The van der Waals surface area contributed by atoms with Gasteiger partial charge >= 0.3 is 0 Å². The van der Waals surface area contributed by atoms with Crippen molar-refractivity contribution in [3.8, 4) is 0 Å². The number of carbonyl (C=O) groups is 1. The van der Waals surface area contributed by atoms with E-state index in [4.69, 9.17) is 12.2 Å². The first-order valence-electron chi connectivity index (χ1n) is 5.68. The van der Waals surface area contributed by atoms with Gasteiger partial charge in [-0.05, 0) is 48.6 Å². The van der Waals surface area contributed by atoms with Gasteiger partial charge in [-0.15, -0.1) is 0 Å². The highest BCUT2D eigenvalue weighted by Crippen LogP contribution is 2.14. The number of amides is 1. The lowest BCUT2D eigenvalue weighted by Gasteiger charge is -2.10. The van der Waals surface area contributed by atoms with Crippen molar-refractivity contribution >= 4 is 44.9 Å². The third-order valence-corrected chi connectivity index (χ3v) is 3.18. The first kappa shape index (κ1) is 14.6. The molecule has 0 saturated carbocycles. The molecule has 2 aromatic rings. The summed E-state index contributed by atoms with van der Waals surface area (Å²) >= 11 is 8.33. The zero-order chi connectivity index (χ0) is 14.5. The molecule has 2 N–H and O–H groups in total. The van der Waals surface area contributed by atoms with Gasteiger partial charge < -0.3 is 5.32 Å². The molecule has 6 heteroatoms. The van der Waals surface area contributed by atoms with Gasteiger partial charge in [-0.2, -0.15) is 0 Å².